The number of aromatic nitrogens is 1. The number of ether oxygens (including phenoxy) is 2. The summed E-state index contributed by atoms with van der Waals surface area (Å²) >= 11 is 0. The molecular formula is C16H18N2O3. The summed E-state index contributed by atoms with van der Waals surface area (Å²) < 4.78 is 12.4. The third-order valence-electron chi connectivity index (χ3n) is 3.58. The Morgan fingerprint density at radius 2 is 2.00 bits per heavy atom. The van der Waals surface area contributed by atoms with Gasteiger partial charge in [-0.15, -0.1) is 0 Å². The van der Waals surface area contributed by atoms with Gasteiger partial charge in [-0.05, 0) is 37.6 Å². The molecule has 21 heavy (non-hydrogen) atoms. The number of fused-ring (bicyclic) bond motifs is 1. The zero-order valence-electron chi connectivity index (χ0n) is 12.2. The highest BCUT2D eigenvalue weighted by molar-refractivity contribution is 5.47. The molecule has 0 atom stereocenters. The zero-order chi connectivity index (χ0) is 14.8. The molecule has 1 aliphatic rings. The molecule has 0 fully saturated rings. The summed E-state index contributed by atoms with van der Waals surface area (Å²) in [6, 6.07) is 9.46. The van der Waals surface area contributed by atoms with Crippen LogP contribution in [0.15, 0.2) is 35.1 Å². The first-order valence-corrected chi connectivity index (χ1v) is 7.01. The fourth-order valence-corrected chi connectivity index (χ4v) is 2.49. The first kappa shape index (κ1) is 13.5. The second-order valence-corrected chi connectivity index (χ2v) is 5.01. The Labute approximate surface area is 123 Å². The van der Waals surface area contributed by atoms with Crippen LogP contribution < -0.4 is 20.3 Å². The summed E-state index contributed by atoms with van der Waals surface area (Å²) in [5.74, 6) is 1.55. The van der Waals surface area contributed by atoms with E-state index in [1.54, 1.807) is 10.6 Å². The second kappa shape index (κ2) is 5.52. The molecule has 5 heteroatoms. The van der Waals surface area contributed by atoms with Gasteiger partial charge in [0, 0.05) is 30.5 Å². The highest BCUT2D eigenvalue weighted by Crippen LogP contribution is 2.32. The van der Waals surface area contributed by atoms with Crippen molar-refractivity contribution in [3.63, 3.8) is 0 Å². The molecule has 0 amide bonds. The molecule has 2 heterocycles. The van der Waals surface area contributed by atoms with E-state index < -0.39 is 0 Å². The molecule has 0 bridgehead atoms. The van der Waals surface area contributed by atoms with E-state index in [-0.39, 0.29) is 12.4 Å². The maximum absolute atomic E-state index is 11.9. The van der Waals surface area contributed by atoms with Crippen LogP contribution in [-0.4, -0.2) is 11.4 Å². The van der Waals surface area contributed by atoms with Crippen LogP contribution in [0.1, 0.15) is 18.2 Å². The molecule has 0 saturated carbocycles. The monoisotopic (exact) mass is 286 g/mol. The largest absolute Gasteiger partial charge is 0.454 e. The molecule has 0 saturated heterocycles. The van der Waals surface area contributed by atoms with E-state index in [4.69, 9.17) is 9.47 Å². The molecule has 3 rings (SSSR count). The molecule has 0 aliphatic carbocycles. The molecule has 0 unspecified atom stereocenters. The Morgan fingerprint density at radius 3 is 2.76 bits per heavy atom. The topological polar surface area (TPSA) is 52.5 Å². The number of rotatable bonds is 4. The van der Waals surface area contributed by atoms with Crippen molar-refractivity contribution in [2.24, 2.45) is 0 Å². The fraction of sp³-hybridized carbons (Fsp3) is 0.312. The first-order valence-electron chi connectivity index (χ1n) is 7.01. The zero-order valence-corrected chi connectivity index (χ0v) is 12.2. The van der Waals surface area contributed by atoms with Crippen molar-refractivity contribution in [1.29, 1.82) is 0 Å². The van der Waals surface area contributed by atoms with Crippen LogP contribution in [0.3, 0.4) is 0 Å². The van der Waals surface area contributed by atoms with Gasteiger partial charge in [-0.1, -0.05) is 6.07 Å². The fourth-order valence-electron chi connectivity index (χ4n) is 2.49. The quantitative estimate of drug-likeness (QED) is 0.938. The van der Waals surface area contributed by atoms with E-state index >= 15 is 0 Å². The van der Waals surface area contributed by atoms with Gasteiger partial charge in [0.15, 0.2) is 11.5 Å². The van der Waals surface area contributed by atoms with Crippen LogP contribution >= 0.6 is 0 Å². The Balaban J connectivity index is 1.75. The average Bonchev–Trinajstić information content (AvgIpc) is 2.92. The van der Waals surface area contributed by atoms with Gasteiger partial charge >= 0.3 is 0 Å². The third kappa shape index (κ3) is 2.72. The lowest BCUT2D eigenvalue weighted by Gasteiger charge is -2.11. The smallest absolute Gasteiger partial charge is 0.252 e. The van der Waals surface area contributed by atoms with Gasteiger partial charge < -0.3 is 19.4 Å². The van der Waals surface area contributed by atoms with E-state index in [1.807, 2.05) is 38.1 Å². The summed E-state index contributed by atoms with van der Waals surface area (Å²) in [5.41, 5.74) is 2.89. The average molecular weight is 286 g/mol. The predicted octanol–water partition coefficient (Wildman–Crippen LogP) is 2.52. The SMILES string of the molecule is CCn1c(C)cc(NCc2ccc3c(c2)OCO3)cc1=O. The number of benzene rings is 1. The number of aryl methyl sites for hydroxylation is 1. The van der Waals surface area contributed by atoms with Crippen molar-refractivity contribution in [1.82, 2.24) is 4.57 Å². The Kier molecular flexibility index (Phi) is 3.56. The van der Waals surface area contributed by atoms with Crippen molar-refractivity contribution in [3.05, 3.63) is 51.9 Å². The van der Waals surface area contributed by atoms with E-state index in [1.165, 1.54) is 0 Å². The van der Waals surface area contributed by atoms with Crippen LogP contribution in [0.4, 0.5) is 5.69 Å². The van der Waals surface area contributed by atoms with Crippen LogP contribution in [-0.2, 0) is 13.1 Å². The lowest BCUT2D eigenvalue weighted by Crippen LogP contribution is -2.21. The molecule has 5 nitrogen and oxygen atoms in total. The maximum Gasteiger partial charge on any atom is 0.252 e. The van der Waals surface area contributed by atoms with E-state index in [0.29, 0.717) is 13.1 Å². The summed E-state index contributed by atoms with van der Waals surface area (Å²) in [5, 5.41) is 3.28. The minimum Gasteiger partial charge on any atom is -0.454 e. The molecule has 1 N–H and O–H groups in total. The third-order valence-corrected chi connectivity index (χ3v) is 3.58. The number of anilines is 1. The lowest BCUT2D eigenvalue weighted by atomic mass is 10.2. The van der Waals surface area contributed by atoms with Gasteiger partial charge in [0.2, 0.25) is 6.79 Å². The van der Waals surface area contributed by atoms with Crippen LogP contribution in [0, 0.1) is 6.92 Å². The second-order valence-electron chi connectivity index (χ2n) is 5.01. The van der Waals surface area contributed by atoms with Crippen molar-refractivity contribution < 1.29 is 9.47 Å². The molecule has 1 aromatic heterocycles. The van der Waals surface area contributed by atoms with Crippen LogP contribution in [0.2, 0.25) is 0 Å². The number of hydrogen-bond acceptors (Lipinski definition) is 4. The van der Waals surface area contributed by atoms with Gasteiger partial charge in [-0.2, -0.15) is 0 Å². The van der Waals surface area contributed by atoms with Crippen molar-refractivity contribution in [3.8, 4) is 11.5 Å². The predicted molar refractivity (Wildman–Crippen MR) is 81.0 cm³/mol. The normalized spacial score (nSPS) is 12.5. The summed E-state index contributed by atoms with van der Waals surface area (Å²) in [4.78, 5) is 11.9. The van der Waals surface area contributed by atoms with Crippen molar-refractivity contribution in [2.45, 2.75) is 26.9 Å². The summed E-state index contributed by atoms with van der Waals surface area (Å²) in [6.45, 7) is 5.50. The molecule has 1 aliphatic heterocycles. The molecule has 0 spiro atoms. The van der Waals surface area contributed by atoms with E-state index in [0.717, 1.165) is 28.4 Å². The van der Waals surface area contributed by atoms with E-state index in [2.05, 4.69) is 5.32 Å². The Bertz CT molecular complexity index is 722. The van der Waals surface area contributed by atoms with Gasteiger partial charge in [0.1, 0.15) is 0 Å². The van der Waals surface area contributed by atoms with E-state index in [9.17, 15) is 4.79 Å². The van der Waals surface area contributed by atoms with Gasteiger partial charge in [-0.3, -0.25) is 4.79 Å². The van der Waals surface area contributed by atoms with Crippen molar-refractivity contribution >= 4 is 5.69 Å². The van der Waals surface area contributed by atoms with Crippen LogP contribution in [0.5, 0.6) is 11.5 Å². The minimum absolute atomic E-state index is 0.0192. The number of nitrogens with one attached hydrogen (secondary N) is 1. The summed E-state index contributed by atoms with van der Waals surface area (Å²) in [7, 11) is 0. The molecular weight excluding hydrogens is 268 g/mol. The lowest BCUT2D eigenvalue weighted by molar-refractivity contribution is 0.174. The van der Waals surface area contributed by atoms with Gasteiger partial charge in [0.05, 0.1) is 0 Å². The number of pyridine rings is 1. The van der Waals surface area contributed by atoms with Crippen molar-refractivity contribution in [2.75, 3.05) is 12.1 Å². The first-order chi connectivity index (χ1) is 10.2. The summed E-state index contributed by atoms with van der Waals surface area (Å²) in [6.07, 6.45) is 0. The molecule has 2 aromatic rings. The standard InChI is InChI=1S/C16H18N2O3/c1-3-18-11(2)6-13(8-16(18)19)17-9-12-4-5-14-15(7-12)21-10-20-14/h4-8,17H,3,9-10H2,1-2H3. The highest BCUT2D eigenvalue weighted by atomic mass is 16.7. The van der Waals surface area contributed by atoms with Crippen LogP contribution in [0.25, 0.3) is 0 Å². The highest BCUT2D eigenvalue weighted by Gasteiger charge is 2.13. The maximum atomic E-state index is 11.9. The number of hydrogen-bond donors (Lipinski definition) is 1. The Hall–Kier alpha value is -2.43. The Morgan fingerprint density at radius 1 is 1.19 bits per heavy atom. The number of nitrogens with zero attached hydrogens (tertiary/aromatic N) is 1. The van der Waals surface area contributed by atoms with Gasteiger partial charge in [-0.25, -0.2) is 0 Å². The molecule has 1 aromatic carbocycles. The molecule has 110 valence electrons. The molecule has 0 radical (unpaired) electrons. The van der Waals surface area contributed by atoms with Gasteiger partial charge in [0.25, 0.3) is 5.56 Å². The minimum atomic E-state index is 0.0192.